The molecule has 0 bridgehead atoms. The van der Waals surface area contributed by atoms with Crippen molar-refractivity contribution in [1.29, 1.82) is 5.26 Å². The van der Waals surface area contributed by atoms with Gasteiger partial charge in [0.1, 0.15) is 5.75 Å². The van der Waals surface area contributed by atoms with E-state index in [1.807, 2.05) is 6.07 Å². The number of esters is 1. The first kappa shape index (κ1) is 11.8. The van der Waals surface area contributed by atoms with E-state index in [0.717, 1.165) is 5.56 Å². The van der Waals surface area contributed by atoms with Crippen LogP contribution in [0.1, 0.15) is 5.56 Å². The number of hydrogen-bond acceptors (Lipinski definition) is 4. The Hall–Kier alpha value is -2.28. The van der Waals surface area contributed by atoms with Gasteiger partial charge in [0.2, 0.25) is 0 Å². The zero-order valence-corrected chi connectivity index (χ0v) is 8.75. The quantitative estimate of drug-likeness (QED) is 0.782. The van der Waals surface area contributed by atoms with Crippen LogP contribution in [0.25, 0.3) is 6.08 Å². The minimum Gasteiger partial charge on any atom is -0.508 e. The van der Waals surface area contributed by atoms with E-state index in [9.17, 15) is 4.79 Å². The van der Waals surface area contributed by atoms with E-state index in [4.69, 9.17) is 10.4 Å². The molecule has 0 fully saturated rings. The molecule has 0 spiro atoms. The summed E-state index contributed by atoms with van der Waals surface area (Å²) in [5, 5.41) is 17.8. The molecular weight excluding hydrogens is 206 g/mol. The molecule has 82 valence electrons. The third-order valence-corrected chi connectivity index (χ3v) is 1.97. The van der Waals surface area contributed by atoms with Crippen LogP contribution in [-0.2, 0) is 9.53 Å². The third-order valence-electron chi connectivity index (χ3n) is 1.97. The molecule has 1 atom stereocenters. The number of nitrogens with zero attached hydrogens (tertiary/aromatic N) is 1. The highest BCUT2D eigenvalue weighted by Gasteiger charge is 2.13. The van der Waals surface area contributed by atoms with Crippen molar-refractivity contribution in [2.24, 2.45) is 5.92 Å². The number of hydrogen-bond donors (Lipinski definition) is 1. The molecular formula is C12H11NO3. The number of ether oxygens (including phenoxy) is 1. The topological polar surface area (TPSA) is 70.3 Å². The van der Waals surface area contributed by atoms with Gasteiger partial charge in [-0.25, -0.2) is 0 Å². The summed E-state index contributed by atoms with van der Waals surface area (Å²) in [7, 11) is 1.24. The van der Waals surface area contributed by atoms with Crippen LogP contribution in [0.5, 0.6) is 5.75 Å². The van der Waals surface area contributed by atoms with Crippen LogP contribution in [0, 0.1) is 17.2 Å². The lowest BCUT2D eigenvalue weighted by Crippen LogP contribution is -2.11. The summed E-state index contributed by atoms with van der Waals surface area (Å²) >= 11 is 0. The number of aromatic hydroxyl groups is 1. The minimum atomic E-state index is -0.904. The molecule has 1 N–H and O–H groups in total. The number of carbonyl (C=O) groups excluding carboxylic acids is 1. The third kappa shape index (κ3) is 3.14. The maximum atomic E-state index is 11.1. The molecule has 0 aliphatic heterocycles. The lowest BCUT2D eigenvalue weighted by molar-refractivity contribution is -0.142. The second-order valence-electron chi connectivity index (χ2n) is 3.08. The molecule has 4 nitrogen and oxygen atoms in total. The maximum absolute atomic E-state index is 11.1. The predicted molar refractivity (Wildman–Crippen MR) is 58.3 cm³/mol. The Kier molecular flexibility index (Phi) is 4.10. The molecule has 0 heterocycles. The summed E-state index contributed by atoms with van der Waals surface area (Å²) in [5.41, 5.74) is 0.793. The van der Waals surface area contributed by atoms with Gasteiger partial charge in [0.15, 0.2) is 5.92 Å². The fraction of sp³-hybridized carbons (Fsp3) is 0.167. The van der Waals surface area contributed by atoms with Gasteiger partial charge in [0.05, 0.1) is 13.2 Å². The summed E-state index contributed by atoms with van der Waals surface area (Å²) in [6.45, 7) is 0. The fourth-order valence-electron chi connectivity index (χ4n) is 1.09. The smallest absolute Gasteiger partial charge is 0.327 e. The lowest BCUT2D eigenvalue weighted by Gasteiger charge is -2.00. The zero-order chi connectivity index (χ0) is 12.0. The molecule has 0 saturated heterocycles. The number of nitriles is 1. The van der Waals surface area contributed by atoms with Gasteiger partial charge in [-0.05, 0) is 17.7 Å². The van der Waals surface area contributed by atoms with Crippen LogP contribution in [0.15, 0.2) is 30.3 Å². The largest absolute Gasteiger partial charge is 0.508 e. The van der Waals surface area contributed by atoms with Gasteiger partial charge in [-0.3, -0.25) is 4.79 Å². The molecule has 0 aliphatic carbocycles. The van der Waals surface area contributed by atoms with Gasteiger partial charge in [0, 0.05) is 0 Å². The van der Waals surface area contributed by atoms with Gasteiger partial charge in [0.25, 0.3) is 0 Å². The summed E-state index contributed by atoms with van der Waals surface area (Å²) in [6.07, 6.45) is 3.09. The first-order valence-electron chi connectivity index (χ1n) is 4.62. The number of methoxy groups -OCH3 is 1. The van der Waals surface area contributed by atoms with E-state index in [1.54, 1.807) is 18.2 Å². The number of carbonyl (C=O) groups is 1. The molecule has 0 aromatic heterocycles. The first-order chi connectivity index (χ1) is 7.67. The Morgan fingerprint density at radius 1 is 1.50 bits per heavy atom. The van der Waals surface area contributed by atoms with E-state index in [-0.39, 0.29) is 5.75 Å². The van der Waals surface area contributed by atoms with E-state index < -0.39 is 11.9 Å². The Morgan fingerprint density at radius 3 is 2.62 bits per heavy atom. The summed E-state index contributed by atoms with van der Waals surface area (Å²) < 4.78 is 4.46. The highest BCUT2D eigenvalue weighted by atomic mass is 16.5. The highest BCUT2D eigenvalue weighted by molar-refractivity contribution is 5.78. The molecule has 0 amide bonds. The summed E-state index contributed by atoms with van der Waals surface area (Å²) in [6, 6.07) is 8.23. The first-order valence-corrected chi connectivity index (χ1v) is 4.62. The lowest BCUT2D eigenvalue weighted by atomic mass is 10.1. The van der Waals surface area contributed by atoms with Crippen LogP contribution >= 0.6 is 0 Å². The van der Waals surface area contributed by atoms with E-state index in [1.165, 1.54) is 25.3 Å². The van der Waals surface area contributed by atoms with Crippen molar-refractivity contribution in [3.63, 3.8) is 0 Å². The molecule has 1 aromatic rings. The molecule has 16 heavy (non-hydrogen) atoms. The normalized spacial score (nSPS) is 12.0. The van der Waals surface area contributed by atoms with E-state index in [2.05, 4.69) is 4.74 Å². The van der Waals surface area contributed by atoms with Crippen molar-refractivity contribution in [2.75, 3.05) is 7.11 Å². The molecule has 0 saturated carbocycles. The number of phenolic OH excluding ortho intramolecular Hbond substituents is 1. The predicted octanol–water partition coefficient (Wildman–Crippen LogP) is 1.72. The Balaban J connectivity index is 2.76. The van der Waals surface area contributed by atoms with E-state index >= 15 is 0 Å². The van der Waals surface area contributed by atoms with Crippen LogP contribution in [0.2, 0.25) is 0 Å². The molecule has 1 rings (SSSR count). The van der Waals surface area contributed by atoms with Gasteiger partial charge in [-0.2, -0.15) is 5.26 Å². The molecule has 0 radical (unpaired) electrons. The van der Waals surface area contributed by atoms with Crippen molar-refractivity contribution in [3.05, 3.63) is 35.9 Å². The Morgan fingerprint density at radius 2 is 2.12 bits per heavy atom. The molecule has 1 aromatic carbocycles. The number of rotatable bonds is 3. The second kappa shape index (κ2) is 5.56. The van der Waals surface area contributed by atoms with E-state index in [0.29, 0.717) is 0 Å². The Bertz CT molecular complexity index is 429. The number of phenols is 1. The molecule has 4 heteroatoms. The number of benzene rings is 1. The van der Waals surface area contributed by atoms with Crippen molar-refractivity contribution in [2.45, 2.75) is 0 Å². The van der Waals surface area contributed by atoms with Crippen LogP contribution in [0.3, 0.4) is 0 Å². The SMILES string of the molecule is COC(=O)C(C#N)C=Cc1ccc(O)cc1. The van der Waals surface area contributed by atoms with Crippen LogP contribution < -0.4 is 0 Å². The van der Waals surface area contributed by atoms with Crippen molar-refractivity contribution in [1.82, 2.24) is 0 Å². The van der Waals surface area contributed by atoms with Crippen LogP contribution in [0.4, 0.5) is 0 Å². The monoisotopic (exact) mass is 217 g/mol. The van der Waals surface area contributed by atoms with Crippen molar-refractivity contribution < 1.29 is 14.6 Å². The van der Waals surface area contributed by atoms with Gasteiger partial charge in [-0.15, -0.1) is 0 Å². The summed E-state index contributed by atoms with van der Waals surface area (Å²) in [4.78, 5) is 11.1. The summed E-state index contributed by atoms with van der Waals surface area (Å²) in [5.74, 6) is -1.32. The second-order valence-corrected chi connectivity index (χ2v) is 3.08. The minimum absolute atomic E-state index is 0.168. The zero-order valence-electron chi connectivity index (χ0n) is 8.75. The maximum Gasteiger partial charge on any atom is 0.327 e. The highest BCUT2D eigenvalue weighted by Crippen LogP contribution is 2.12. The Labute approximate surface area is 93.4 Å². The van der Waals surface area contributed by atoms with Gasteiger partial charge < -0.3 is 9.84 Å². The van der Waals surface area contributed by atoms with Gasteiger partial charge >= 0.3 is 5.97 Å². The molecule has 1 unspecified atom stereocenters. The fourth-order valence-corrected chi connectivity index (χ4v) is 1.09. The molecule has 0 aliphatic rings. The average Bonchev–Trinajstić information content (AvgIpc) is 2.31. The standard InChI is InChI=1S/C12H11NO3/c1-16-12(15)10(8-13)5-2-9-3-6-11(14)7-4-9/h2-7,10,14H,1H3. The average molecular weight is 217 g/mol. The van der Waals surface area contributed by atoms with Crippen molar-refractivity contribution in [3.8, 4) is 11.8 Å². The van der Waals surface area contributed by atoms with Crippen molar-refractivity contribution >= 4 is 12.0 Å². The van der Waals surface area contributed by atoms with Crippen LogP contribution in [-0.4, -0.2) is 18.2 Å². The van der Waals surface area contributed by atoms with Gasteiger partial charge in [-0.1, -0.05) is 24.3 Å².